The highest BCUT2D eigenvalue weighted by atomic mass is 14.0. The summed E-state index contributed by atoms with van der Waals surface area (Å²) in [6, 6.07) is 8.35. The quantitative estimate of drug-likeness (QED) is 0.477. The fourth-order valence-corrected chi connectivity index (χ4v) is 1.70. The first-order valence-electron chi connectivity index (χ1n) is 5.92. The van der Waals surface area contributed by atoms with Gasteiger partial charge in [-0.1, -0.05) is 50.7 Å². The van der Waals surface area contributed by atoms with E-state index in [1.54, 1.807) is 0 Å². The predicted molar refractivity (Wildman–Crippen MR) is 66.8 cm³/mol. The molecule has 1 aromatic carbocycles. The second-order valence-electron chi connectivity index (χ2n) is 4.01. The number of aryl methyl sites for hydroxylation is 1. The lowest BCUT2D eigenvalue weighted by molar-refractivity contribution is 0.632. The zero-order chi connectivity index (χ0) is 10.9. The van der Waals surface area contributed by atoms with E-state index in [0.29, 0.717) is 0 Å². The Labute approximate surface area is 93.7 Å². The minimum Gasteiger partial charge on any atom is -0.115 e. The number of terminal acetylenes is 1. The van der Waals surface area contributed by atoms with Gasteiger partial charge in [-0.05, 0) is 30.5 Å². The Kier molecular flexibility index (Phi) is 5.63. The van der Waals surface area contributed by atoms with Crippen LogP contribution in [0.3, 0.4) is 0 Å². The van der Waals surface area contributed by atoms with Gasteiger partial charge in [0.2, 0.25) is 0 Å². The van der Waals surface area contributed by atoms with Crippen molar-refractivity contribution in [3.05, 3.63) is 35.4 Å². The maximum atomic E-state index is 5.30. The summed E-state index contributed by atoms with van der Waals surface area (Å²) in [7, 11) is 0. The van der Waals surface area contributed by atoms with Crippen molar-refractivity contribution in [2.75, 3.05) is 0 Å². The fourth-order valence-electron chi connectivity index (χ4n) is 1.70. The Balaban J connectivity index is 2.23. The fraction of sp³-hybridized carbons (Fsp3) is 0.467. The summed E-state index contributed by atoms with van der Waals surface area (Å²) in [6.07, 6.45) is 13.2. The maximum Gasteiger partial charge on any atom is 0.0242 e. The zero-order valence-electron chi connectivity index (χ0n) is 9.63. The molecule has 0 spiro atoms. The van der Waals surface area contributed by atoms with E-state index in [1.165, 1.54) is 44.1 Å². The molecule has 1 rings (SSSR count). The van der Waals surface area contributed by atoms with Gasteiger partial charge in [0.15, 0.2) is 0 Å². The number of rotatable bonds is 6. The molecule has 0 aliphatic rings. The number of benzene rings is 1. The Morgan fingerprint density at radius 2 is 1.67 bits per heavy atom. The van der Waals surface area contributed by atoms with Crippen molar-refractivity contribution in [2.45, 2.75) is 45.4 Å². The SMILES string of the molecule is C#Cc1ccc(CCCCCCC)cc1. The average Bonchev–Trinajstić information content (AvgIpc) is 2.30. The van der Waals surface area contributed by atoms with Crippen LogP contribution < -0.4 is 0 Å². The van der Waals surface area contributed by atoms with Crippen LogP contribution in [0.15, 0.2) is 24.3 Å². The van der Waals surface area contributed by atoms with Gasteiger partial charge in [0.25, 0.3) is 0 Å². The molecular weight excluding hydrogens is 180 g/mol. The Bertz CT molecular complexity index is 300. The summed E-state index contributed by atoms with van der Waals surface area (Å²) >= 11 is 0. The van der Waals surface area contributed by atoms with Crippen LogP contribution in [0.4, 0.5) is 0 Å². The van der Waals surface area contributed by atoms with Crippen LogP contribution >= 0.6 is 0 Å². The van der Waals surface area contributed by atoms with Gasteiger partial charge in [0, 0.05) is 5.56 Å². The van der Waals surface area contributed by atoms with E-state index < -0.39 is 0 Å². The van der Waals surface area contributed by atoms with Crippen LogP contribution in [0, 0.1) is 12.3 Å². The standard InChI is InChI=1S/C15H20/c1-3-5-6-7-8-9-15-12-10-14(4-2)11-13-15/h2,10-13H,3,5-9H2,1H3. The van der Waals surface area contributed by atoms with Gasteiger partial charge in [0.1, 0.15) is 0 Å². The molecule has 0 heteroatoms. The molecule has 0 heterocycles. The molecule has 1 aromatic rings. The van der Waals surface area contributed by atoms with Gasteiger partial charge < -0.3 is 0 Å². The third kappa shape index (κ3) is 4.70. The zero-order valence-corrected chi connectivity index (χ0v) is 9.63. The van der Waals surface area contributed by atoms with Gasteiger partial charge >= 0.3 is 0 Å². The molecular formula is C15H20. The Morgan fingerprint density at radius 3 is 2.27 bits per heavy atom. The average molecular weight is 200 g/mol. The lowest BCUT2D eigenvalue weighted by atomic mass is 10.0. The van der Waals surface area contributed by atoms with Crippen LogP contribution in [-0.4, -0.2) is 0 Å². The van der Waals surface area contributed by atoms with Gasteiger partial charge in [-0.2, -0.15) is 0 Å². The number of hydrogen-bond acceptors (Lipinski definition) is 0. The number of hydrogen-bond donors (Lipinski definition) is 0. The molecule has 0 saturated carbocycles. The van der Waals surface area contributed by atoms with Crippen molar-refractivity contribution in [3.8, 4) is 12.3 Å². The number of unbranched alkanes of at least 4 members (excludes halogenated alkanes) is 4. The summed E-state index contributed by atoms with van der Waals surface area (Å²) in [4.78, 5) is 0. The lowest BCUT2D eigenvalue weighted by Crippen LogP contribution is -1.86. The van der Waals surface area contributed by atoms with Crippen molar-refractivity contribution < 1.29 is 0 Å². The topological polar surface area (TPSA) is 0 Å². The highest BCUT2D eigenvalue weighted by Crippen LogP contribution is 2.09. The van der Waals surface area contributed by atoms with E-state index in [1.807, 2.05) is 12.1 Å². The Morgan fingerprint density at radius 1 is 1.00 bits per heavy atom. The van der Waals surface area contributed by atoms with Crippen molar-refractivity contribution in [1.29, 1.82) is 0 Å². The molecule has 0 saturated heterocycles. The molecule has 0 N–H and O–H groups in total. The van der Waals surface area contributed by atoms with Crippen LogP contribution in [0.1, 0.15) is 50.2 Å². The van der Waals surface area contributed by atoms with Crippen molar-refractivity contribution in [2.24, 2.45) is 0 Å². The lowest BCUT2D eigenvalue weighted by Gasteiger charge is -2.01. The summed E-state index contributed by atoms with van der Waals surface area (Å²) < 4.78 is 0. The van der Waals surface area contributed by atoms with Gasteiger partial charge in [-0.15, -0.1) is 6.42 Å². The molecule has 0 bridgehead atoms. The molecule has 0 aromatic heterocycles. The third-order valence-corrected chi connectivity index (χ3v) is 2.69. The molecule has 0 unspecified atom stereocenters. The third-order valence-electron chi connectivity index (χ3n) is 2.69. The second kappa shape index (κ2) is 7.12. The van der Waals surface area contributed by atoms with Crippen molar-refractivity contribution >= 4 is 0 Å². The molecule has 0 nitrogen and oxygen atoms in total. The van der Waals surface area contributed by atoms with E-state index >= 15 is 0 Å². The Hall–Kier alpha value is -1.22. The highest BCUT2D eigenvalue weighted by molar-refractivity contribution is 5.34. The van der Waals surface area contributed by atoms with Crippen LogP contribution in [-0.2, 0) is 6.42 Å². The maximum absolute atomic E-state index is 5.30. The normalized spacial score (nSPS) is 9.87. The summed E-state index contributed by atoms with van der Waals surface area (Å²) in [5, 5.41) is 0. The van der Waals surface area contributed by atoms with Gasteiger partial charge in [-0.3, -0.25) is 0 Å². The summed E-state index contributed by atoms with van der Waals surface area (Å²) in [6.45, 7) is 2.25. The van der Waals surface area contributed by atoms with E-state index in [4.69, 9.17) is 6.42 Å². The smallest absolute Gasteiger partial charge is 0.0242 e. The molecule has 0 atom stereocenters. The largest absolute Gasteiger partial charge is 0.115 e. The highest BCUT2D eigenvalue weighted by Gasteiger charge is 1.93. The van der Waals surface area contributed by atoms with Gasteiger partial charge in [0.05, 0.1) is 0 Å². The molecule has 0 radical (unpaired) electrons. The predicted octanol–water partition coefficient (Wildman–Crippen LogP) is 4.18. The summed E-state index contributed by atoms with van der Waals surface area (Å²) in [5.41, 5.74) is 2.38. The first-order valence-corrected chi connectivity index (χ1v) is 5.92. The molecule has 80 valence electrons. The minimum atomic E-state index is 0.977. The monoisotopic (exact) mass is 200 g/mol. The first kappa shape index (κ1) is 11.9. The van der Waals surface area contributed by atoms with E-state index in [0.717, 1.165) is 5.56 Å². The van der Waals surface area contributed by atoms with Gasteiger partial charge in [-0.25, -0.2) is 0 Å². The van der Waals surface area contributed by atoms with E-state index in [2.05, 4.69) is 25.0 Å². The molecule has 0 aliphatic heterocycles. The van der Waals surface area contributed by atoms with Crippen molar-refractivity contribution in [1.82, 2.24) is 0 Å². The van der Waals surface area contributed by atoms with Crippen LogP contribution in [0.5, 0.6) is 0 Å². The first-order chi connectivity index (χ1) is 7.36. The van der Waals surface area contributed by atoms with Crippen LogP contribution in [0.2, 0.25) is 0 Å². The summed E-state index contributed by atoms with van der Waals surface area (Å²) in [5.74, 6) is 2.64. The van der Waals surface area contributed by atoms with Crippen LogP contribution in [0.25, 0.3) is 0 Å². The van der Waals surface area contributed by atoms with Crippen molar-refractivity contribution in [3.63, 3.8) is 0 Å². The molecule has 0 aliphatic carbocycles. The molecule has 0 amide bonds. The van der Waals surface area contributed by atoms with E-state index in [9.17, 15) is 0 Å². The van der Waals surface area contributed by atoms with E-state index in [-0.39, 0.29) is 0 Å². The minimum absolute atomic E-state index is 0.977. The molecule has 15 heavy (non-hydrogen) atoms. The molecule has 0 fully saturated rings. The second-order valence-corrected chi connectivity index (χ2v) is 4.01.